The molecule has 0 aromatic heterocycles. The van der Waals surface area contributed by atoms with Crippen molar-refractivity contribution in [2.24, 2.45) is 0 Å². The largest absolute Gasteiger partial charge is 0.376 e. The summed E-state index contributed by atoms with van der Waals surface area (Å²) in [6.07, 6.45) is 0. The van der Waals surface area contributed by atoms with Crippen LogP contribution < -0.4 is 15.5 Å². The lowest BCUT2D eigenvalue weighted by Crippen LogP contribution is -2.23. The molecule has 26 heavy (non-hydrogen) atoms. The molecule has 0 atom stereocenters. The van der Waals surface area contributed by atoms with Gasteiger partial charge in [0.05, 0.1) is 6.54 Å². The van der Waals surface area contributed by atoms with E-state index in [1.54, 1.807) is 0 Å². The molecule has 0 saturated carbocycles. The molecule has 0 bridgehead atoms. The minimum atomic E-state index is -0.0430. The summed E-state index contributed by atoms with van der Waals surface area (Å²) in [5, 5.41) is 6.27. The van der Waals surface area contributed by atoms with Gasteiger partial charge in [-0.05, 0) is 62.1 Å². The quantitative estimate of drug-likeness (QED) is 0.701. The van der Waals surface area contributed by atoms with Crippen LogP contribution in [0.15, 0.2) is 42.5 Å². The number of carbonyl (C=O) groups is 1. The van der Waals surface area contributed by atoms with Gasteiger partial charge in [-0.3, -0.25) is 4.79 Å². The number of amides is 1. The maximum absolute atomic E-state index is 12.3. The molecular formula is C22H31N3O. The fourth-order valence-electron chi connectivity index (χ4n) is 3.13. The average Bonchev–Trinajstić information content (AvgIpc) is 2.62. The van der Waals surface area contributed by atoms with E-state index >= 15 is 0 Å². The van der Waals surface area contributed by atoms with Crippen LogP contribution in [-0.4, -0.2) is 25.5 Å². The minimum Gasteiger partial charge on any atom is -0.376 e. The Labute approximate surface area is 157 Å². The third kappa shape index (κ3) is 5.01. The SMILES string of the molecule is CCN(CC)c1ccc(NC(=O)CNc2c(C)cccc2C(C)C)cc1. The van der Waals surface area contributed by atoms with Crippen LogP contribution in [-0.2, 0) is 4.79 Å². The van der Waals surface area contributed by atoms with E-state index in [1.165, 1.54) is 11.3 Å². The van der Waals surface area contributed by atoms with E-state index in [-0.39, 0.29) is 12.5 Å². The van der Waals surface area contributed by atoms with Gasteiger partial charge in [-0.25, -0.2) is 0 Å². The molecule has 0 spiro atoms. The summed E-state index contributed by atoms with van der Waals surface area (Å²) in [4.78, 5) is 14.6. The molecule has 4 heteroatoms. The van der Waals surface area contributed by atoms with Crippen LogP contribution in [0.4, 0.5) is 17.1 Å². The summed E-state index contributed by atoms with van der Waals surface area (Å²) >= 11 is 0. The first-order valence-corrected chi connectivity index (χ1v) is 9.44. The Morgan fingerprint density at radius 3 is 2.27 bits per heavy atom. The van der Waals surface area contributed by atoms with E-state index < -0.39 is 0 Å². The zero-order chi connectivity index (χ0) is 19.1. The van der Waals surface area contributed by atoms with Crippen molar-refractivity contribution in [1.29, 1.82) is 0 Å². The molecule has 2 aromatic carbocycles. The number of hydrogen-bond donors (Lipinski definition) is 2. The predicted octanol–water partition coefficient (Wildman–Crippen LogP) is 5.02. The summed E-state index contributed by atoms with van der Waals surface area (Å²) in [7, 11) is 0. The van der Waals surface area contributed by atoms with E-state index in [0.717, 1.165) is 30.0 Å². The van der Waals surface area contributed by atoms with Crippen molar-refractivity contribution in [2.45, 2.75) is 40.5 Å². The molecule has 0 radical (unpaired) electrons. The fourth-order valence-corrected chi connectivity index (χ4v) is 3.13. The third-order valence-corrected chi connectivity index (χ3v) is 4.63. The highest BCUT2D eigenvalue weighted by Crippen LogP contribution is 2.27. The molecular weight excluding hydrogens is 322 g/mol. The number of nitrogens with zero attached hydrogens (tertiary/aromatic N) is 1. The van der Waals surface area contributed by atoms with Gasteiger partial charge in [0, 0.05) is 30.2 Å². The number of anilines is 3. The summed E-state index contributed by atoms with van der Waals surface area (Å²) < 4.78 is 0. The van der Waals surface area contributed by atoms with Crippen LogP contribution >= 0.6 is 0 Å². The highest BCUT2D eigenvalue weighted by molar-refractivity contribution is 5.94. The van der Waals surface area contributed by atoms with Gasteiger partial charge in [-0.2, -0.15) is 0 Å². The number of para-hydroxylation sites is 1. The normalized spacial score (nSPS) is 10.7. The van der Waals surface area contributed by atoms with Crippen LogP contribution in [0.1, 0.15) is 44.7 Å². The standard InChI is InChI=1S/C22H31N3O/c1-6-25(7-2)19-13-11-18(12-14-19)24-21(26)15-23-22-17(5)9-8-10-20(22)16(3)4/h8-14,16,23H,6-7,15H2,1-5H3,(H,24,26). The highest BCUT2D eigenvalue weighted by Gasteiger charge is 2.10. The predicted molar refractivity (Wildman–Crippen MR) is 112 cm³/mol. The topological polar surface area (TPSA) is 44.4 Å². The monoisotopic (exact) mass is 353 g/mol. The van der Waals surface area contributed by atoms with Crippen molar-refractivity contribution in [2.75, 3.05) is 35.2 Å². The van der Waals surface area contributed by atoms with Crippen LogP contribution in [0.3, 0.4) is 0 Å². The summed E-state index contributed by atoms with van der Waals surface area (Å²) in [5.41, 5.74) is 5.46. The molecule has 0 aliphatic carbocycles. The lowest BCUT2D eigenvalue weighted by atomic mass is 9.98. The first-order chi connectivity index (χ1) is 12.5. The van der Waals surface area contributed by atoms with Crippen LogP contribution in [0, 0.1) is 6.92 Å². The van der Waals surface area contributed by atoms with Gasteiger partial charge in [0.15, 0.2) is 0 Å². The second-order valence-corrected chi connectivity index (χ2v) is 6.81. The number of carbonyl (C=O) groups excluding carboxylic acids is 1. The Hall–Kier alpha value is -2.49. The van der Waals surface area contributed by atoms with Crippen molar-refractivity contribution >= 4 is 23.0 Å². The zero-order valence-electron chi connectivity index (χ0n) is 16.6. The summed E-state index contributed by atoms with van der Waals surface area (Å²) in [6.45, 7) is 12.9. The Morgan fingerprint density at radius 1 is 1.04 bits per heavy atom. The Bertz CT molecular complexity index is 719. The molecule has 1 amide bonds. The number of aryl methyl sites for hydroxylation is 1. The van der Waals surface area contributed by atoms with Gasteiger partial charge in [0.25, 0.3) is 0 Å². The maximum atomic E-state index is 12.3. The van der Waals surface area contributed by atoms with Crippen molar-refractivity contribution in [1.82, 2.24) is 0 Å². The average molecular weight is 354 g/mol. The molecule has 4 nitrogen and oxygen atoms in total. The van der Waals surface area contributed by atoms with Gasteiger partial charge in [0.1, 0.15) is 0 Å². The van der Waals surface area contributed by atoms with Gasteiger partial charge in [0.2, 0.25) is 5.91 Å². The van der Waals surface area contributed by atoms with Crippen LogP contribution in [0.2, 0.25) is 0 Å². The fraction of sp³-hybridized carbons (Fsp3) is 0.409. The molecule has 2 aromatic rings. The van der Waals surface area contributed by atoms with Crippen molar-refractivity contribution in [3.63, 3.8) is 0 Å². The van der Waals surface area contributed by atoms with Crippen LogP contribution in [0.25, 0.3) is 0 Å². The van der Waals surface area contributed by atoms with E-state index in [4.69, 9.17) is 0 Å². The van der Waals surface area contributed by atoms with E-state index in [1.807, 2.05) is 24.3 Å². The smallest absolute Gasteiger partial charge is 0.243 e. The summed E-state index contributed by atoms with van der Waals surface area (Å²) in [5.74, 6) is 0.367. The van der Waals surface area contributed by atoms with Gasteiger partial charge >= 0.3 is 0 Å². The second kappa shape index (κ2) is 9.27. The number of rotatable bonds is 8. The molecule has 0 unspecified atom stereocenters. The van der Waals surface area contributed by atoms with Crippen molar-refractivity contribution in [3.05, 3.63) is 53.6 Å². The second-order valence-electron chi connectivity index (χ2n) is 6.81. The Balaban J connectivity index is 1.98. The molecule has 0 aliphatic heterocycles. The molecule has 2 N–H and O–H groups in total. The van der Waals surface area contributed by atoms with Crippen LogP contribution in [0.5, 0.6) is 0 Å². The van der Waals surface area contributed by atoms with Crippen molar-refractivity contribution < 1.29 is 4.79 Å². The molecule has 0 saturated heterocycles. The molecule has 0 heterocycles. The first-order valence-electron chi connectivity index (χ1n) is 9.44. The number of hydrogen-bond acceptors (Lipinski definition) is 3. The summed E-state index contributed by atoms with van der Waals surface area (Å²) in [6, 6.07) is 14.3. The molecule has 140 valence electrons. The van der Waals surface area contributed by atoms with Gasteiger partial charge in [-0.1, -0.05) is 32.0 Å². The van der Waals surface area contributed by atoms with E-state index in [9.17, 15) is 4.79 Å². The Kier molecular flexibility index (Phi) is 7.07. The molecule has 0 aliphatic rings. The van der Waals surface area contributed by atoms with Gasteiger partial charge < -0.3 is 15.5 Å². The lowest BCUT2D eigenvalue weighted by molar-refractivity contribution is -0.114. The number of nitrogens with one attached hydrogen (secondary N) is 2. The first kappa shape index (κ1) is 19.8. The van der Waals surface area contributed by atoms with Gasteiger partial charge in [-0.15, -0.1) is 0 Å². The van der Waals surface area contributed by atoms with E-state index in [0.29, 0.717) is 5.92 Å². The minimum absolute atomic E-state index is 0.0430. The molecule has 0 fully saturated rings. The Morgan fingerprint density at radius 2 is 1.69 bits per heavy atom. The molecule has 2 rings (SSSR count). The zero-order valence-corrected chi connectivity index (χ0v) is 16.6. The van der Waals surface area contributed by atoms with E-state index in [2.05, 4.69) is 68.4 Å². The number of benzene rings is 2. The maximum Gasteiger partial charge on any atom is 0.243 e. The third-order valence-electron chi connectivity index (χ3n) is 4.63. The van der Waals surface area contributed by atoms with Crippen molar-refractivity contribution in [3.8, 4) is 0 Å². The highest BCUT2D eigenvalue weighted by atomic mass is 16.1. The lowest BCUT2D eigenvalue weighted by Gasteiger charge is -2.21.